The van der Waals surface area contributed by atoms with Crippen LogP contribution in [0.15, 0.2) is 12.1 Å². The number of benzene rings is 1. The third-order valence-electron chi connectivity index (χ3n) is 3.41. The van der Waals surface area contributed by atoms with Gasteiger partial charge in [-0.05, 0) is 18.6 Å². The molecule has 24 heavy (non-hydrogen) atoms. The molecule has 134 valence electrons. The Morgan fingerprint density at radius 3 is 2.46 bits per heavy atom. The second kappa shape index (κ2) is 10.7. The Labute approximate surface area is 139 Å². The first-order valence-electron chi connectivity index (χ1n) is 8.04. The van der Waals surface area contributed by atoms with Crippen molar-refractivity contribution in [3.8, 4) is 0 Å². The van der Waals surface area contributed by atoms with Crippen molar-refractivity contribution in [2.45, 2.75) is 45.4 Å². The van der Waals surface area contributed by atoms with E-state index < -0.39 is 34.9 Å². The summed E-state index contributed by atoms with van der Waals surface area (Å²) >= 11 is 0. The van der Waals surface area contributed by atoms with Crippen LogP contribution in [0.3, 0.4) is 0 Å². The Balaban J connectivity index is 2.26. The van der Waals surface area contributed by atoms with Gasteiger partial charge in [-0.2, -0.15) is 0 Å². The molecule has 0 unspecified atom stereocenters. The average molecular weight is 345 g/mol. The van der Waals surface area contributed by atoms with Gasteiger partial charge in [0, 0.05) is 6.54 Å². The van der Waals surface area contributed by atoms with E-state index in [1.807, 2.05) is 0 Å². The lowest BCUT2D eigenvalue weighted by Gasteiger charge is -2.07. The minimum Gasteiger partial charge on any atom is -0.466 e. The molecule has 0 aliphatic carbocycles. The fourth-order valence-corrected chi connectivity index (χ4v) is 2.04. The minimum absolute atomic E-state index is 0.0774. The van der Waals surface area contributed by atoms with E-state index in [0.717, 1.165) is 38.2 Å². The van der Waals surface area contributed by atoms with E-state index in [1.54, 1.807) is 0 Å². The topological polar surface area (TPSA) is 55.4 Å². The zero-order valence-corrected chi connectivity index (χ0v) is 13.7. The molecule has 4 nitrogen and oxygen atoms in total. The van der Waals surface area contributed by atoms with Crippen LogP contribution in [0.4, 0.5) is 13.2 Å². The Hall–Kier alpha value is -2.05. The predicted molar refractivity (Wildman–Crippen MR) is 83.0 cm³/mol. The van der Waals surface area contributed by atoms with E-state index in [9.17, 15) is 22.8 Å². The van der Waals surface area contributed by atoms with Gasteiger partial charge in [0.15, 0.2) is 17.5 Å². The van der Waals surface area contributed by atoms with Crippen molar-refractivity contribution in [2.24, 2.45) is 0 Å². The van der Waals surface area contributed by atoms with Gasteiger partial charge in [-0.3, -0.25) is 9.59 Å². The summed E-state index contributed by atoms with van der Waals surface area (Å²) in [5.74, 6) is -6.02. The second-order valence-corrected chi connectivity index (χ2v) is 5.36. The van der Waals surface area contributed by atoms with Crippen LogP contribution >= 0.6 is 0 Å². The smallest absolute Gasteiger partial charge is 0.307 e. The van der Waals surface area contributed by atoms with Gasteiger partial charge in [0.1, 0.15) is 0 Å². The molecule has 0 spiro atoms. The number of nitrogens with one attached hydrogen (secondary N) is 1. The molecule has 0 saturated heterocycles. The maximum atomic E-state index is 13.4. The monoisotopic (exact) mass is 345 g/mol. The van der Waals surface area contributed by atoms with Crippen LogP contribution in [0, 0.1) is 17.5 Å². The Morgan fingerprint density at radius 1 is 1.04 bits per heavy atom. The summed E-state index contributed by atoms with van der Waals surface area (Å²) in [5.41, 5.74) is -0.613. The molecule has 0 fully saturated rings. The zero-order valence-electron chi connectivity index (χ0n) is 13.7. The van der Waals surface area contributed by atoms with Gasteiger partial charge in [-0.1, -0.05) is 32.6 Å². The molecule has 1 aromatic rings. The van der Waals surface area contributed by atoms with Crippen LogP contribution in [0.2, 0.25) is 0 Å². The van der Waals surface area contributed by atoms with Crippen LogP contribution in [-0.4, -0.2) is 25.0 Å². The van der Waals surface area contributed by atoms with Gasteiger partial charge in [-0.15, -0.1) is 0 Å². The van der Waals surface area contributed by atoms with Crippen molar-refractivity contribution in [3.63, 3.8) is 0 Å². The molecule has 0 aliphatic rings. The molecule has 0 saturated carbocycles. The molecular formula is C17H22F3NO3. The summed E-state index contributed by atoms with van der Waals surface area (Å²) in [4.78, 5) is 23.1. The Kier molecular flexibility index (Phi) is 8.89. The molecule has 1 rings (SSSR count). The number of halogens is 3. The van der Waals surface area contributed by atoms with Gasteiger partial charge >= 0.3 is 5.97 Å². The Bertz CT molecular complexity index is 564. The molecule has 1 aromatic carbocycles. The van der Waals surface area contributed by atoms with E-state index in [0.29, 0.717) is 12.7 Å². The summed E-state index contributed by atoms with van der Waals surface area (Å²) in [6.45, 7) is 2.36. The molecule has 1 amide bonds. The molecule has 0 atom stereocenters. The van der Waals surface area contributed by atoms with Crippen molar-refractivity contribution in [1.82, 2.24) is 5.32 Å². The van der Waals surface area contributed by atoms with Gasteiger partial charge in [-0.25, -0.2) is 13.2 Å². The first-order valence-corrected chi connectivity index (χ1v) is 8.04. The summed E-state index contributed by atoms with van der Waals surface area (Å²) in [6.07, 6.45) is 5.10. The normalized spacial score (nSPS) is 10.5. The average Bonchev–Trinajstić information content (AvgIpc) is 2.56. The van der Waals surface area contributed by atoms with Crippen molar-refractivity contribution in [2.75, 3.05) is 13.2 Å². The third-order valence-corrected chi connectivity index (χ3v) is 3.41. The van der Waals surface area contributed by atoms with Gasteiger partial charge in [0.25, 0.3) is 5.91 Å². The minimum atomic E-state index is -1.70. The number of amides is 1. The molecule has 0 heterocycles. The van der Waals surface area contributed by atoms with Crippen LogP contribution < -0.4 is 5.32 Å². The summed E-state index contributed by atoms with van der Waals surface area (Å²) < 4.78 is 44.3. The van der Waals surface area contributed by atoms with Crippen LogP contribution in [0.5, 0.6) is 0 Å². The maximum Gasteiger partial charge on any atom is 0.307 e. The highest BCUT2D eigenvalue weighted by Gasteiger charge is 2.18. The molecule has 0 bridgehead atoms. The number of rotatable bonds is 10. The highest BCUT2D eigenvalue weighted by molar-refractivity contribution is 5.94. The Morgan fingerprint density at radius 2 is 1.75 bits per heavy atom. The lowest BCUT2D eigenvalue weighted by molar-refractivity contribution is -0.143. The van der Waals surface area contributed by atoms with E-state index in [2.05, 4.69) is 12.2 Å². The lowest BCUT2D eigenvalue weighted by atomic mass is 10.2. The number of hydrogen-bond acceptors (Lipinski definition) is 3. The second-order valence-electron chi connectivity index (χ2n) is 5.36. The summed E-state index contributed by atoms with van der Waals surface area (Å²) in [7, 11) is 0. The number of ether oxygens (including phenoxy) is 1. The van der Waals surface area contributed by atoms with Gasteiger partial charge in [0.05, 0.1) is 18.6 Å². The SMILES string of the molecule is CCCCCCCOC(=O)CCNC(=O)c1ccc(F)c(F)c1F. The van der Waals surface area contributed by atoms with E-state index in [1.165, 1.54) is 0 Å². The highest BCUT2D eigenvalue weighted by Crippen LogP contribution is 2.14. The third kappa shape index (κ3) is 6.60. The van der Waals surface area contributed by atoms with Crippen molar-refractivity contribution in [1.29, 1.82) is 0 Å². The quantitative estimate of drug-likeness (QED) is 0.399. The maximum absolute atomic E-state index is 13.4. The van der Waals surface area contributed by atoms with Gasteiger partial charge < -0.3 is 10.1 Å². The molecule has 0 aromatic heterocycles. The molecule has 0 aliphatic heterocycles. The number of hydrogen-bond donors (Lipinski definition) is 1. The fraction of sp³-hybridized carbons (Fsp3) is 0.529. The van der Waals surface area contributed by atoms with Crippen molar-refractivity contribution in [3.05, 3.63) is 35.1 Å². The largest absolute Gasteiger partial charge is 0.466 e. The fourth-order valence-electron chi connectivity index (χ4n) is 2.04. The molecular weight excluding hydrogens is 323 g/mol. The van der Waals surface area contributed by atoms with E-state index >= 15 is 0 Å². The molecule has 1 N–H and O–H groups in total. The summed E-state index contributed by atoms with van der Waals surface area (Å²) in [6, 6.07) is 1.51. The predicted octanol–water partition coefficient (Wildman–Crippen LogP) is 3.74. The molecule has 7 heteroatoms. The van der Waals surface area contributed by atoms with Crippen LogP contribution in [0.25, 0.3) is 0 Å². The highest BCUT2D eigenvalue weighted by atomic mass is 19.2. The van der Waals surface area contributed by atoms with E-state index in [-0.39, 0.29) is 13.0 Å². The first kappa shape index (κ1) is 20.0. The number of unbranched alkanes of at least 4 members (excludes halogenated alkanes) is 4. The van der Waals surface area contributed by atoms with Crippen LogP contribution in [-0.2, 0) is 9.53 Å². The van der Waals surface area contributed by atoms with Crippen LogP contribution in [0.1, 0.15) is 55.8 Å². The van der Waals surface area contributed by atoms with E-state index in [4.69, 9.17) is 4.74 Å². The summed E-state index contributed by atoms with van der Waals surface area (Å²) in [5, 5.41) is 2.27. The first-order chi connectivity index (χ1) is 11.5. The van der Waals surface area contributed by atoms with Gasteiger partial charge in [0.2, 0.25) is 0 Å². The number of carbonyl (C=O) groups excluding carboxylic acids is 2. The lowest BCUT2D eigenvalue weighted by Crippen LogP contribution is -2.27. The zero-order chi connectivity index (χ0) is 17.9. The molecule has 0 radical (unpaired) electrons. The number of carbonyl (C=O) groups is 2. The standard InChI is InChI=1S/C17H22F3NO3/c1-2-3-4-5-6-11-24-14(22)9-10-21-17(23)12-7-8-13(18)16(20)15(12)19/h7-8H,2-6,9-11H2,1H3,(H,21,23). The van der Waals surface area contributed by atoms with Crippen molar-refractivity contribution < 1.29 is 27.5 Å². The number of esters is 1. The van der Waals surface area contributed by atoms with Crippen molar-refractivity contribution >= 4 is 11.9 Å².